The summed E-state index contributed by atoms with van der Waals surface area (Å²) >= 11 is 5.34. The van der Waals surface area contributed by atoms with E-state index in [-0.39, 0.29) is 12.1 Å². The Labute approximate surface area is 166 Å². The van der Waals surface area contributed by atoms with Gasteiger partial charge in [-0.05, 0) is 30.3 Å². The summed E-state index contributed by atoms with van der Waals surface area (Å²) in [5.41, 5.74) is 1.59. The predicted octanol–water partition coefficient (Wildman–Crippen LogP) is 3.70. The number of benzene rings is 2. The third-order valence-corrected chi connectivity index (χ3v) is 4.75. The molecule has 0 saturated carbocycles. The van der Waals surface area contributed by atoms with Gasteiger partial charge in [0, 0.05) is 18.5 Å². The summed E-state index contributed by atoms with van der Waals surface area (Å²) in [5, 5.41) is 18.6. The van der Waals surface area contributed by atoms with E-state index in [0.29, 0.717) is 34.2 Å². The Hall–Kier alpha value is -3.20. The van der Waals surface area contributed by atoms with E-state index in [9.17, 15) is 10.1 Å². The third-order valence-electron chi connectivity index (χ3n) is 4.43. The Kier molecular flexibility index (Phi) is 6.05. The first-order valence-corrected chi connectivity index (χ1v) is 9.01. The number of nitro groups is 1. The second-order valence-corrected chi connectivity index (χ2v) is 6.49. The minimum Gasteiger partial charge on any atom is -0.493 e. The number of aromatic amines is 1. The first-order valence-electron chi connectivity index (χ1n) is 8.60. The standard InChI is InChI=1S/C19H20N4O4S/c1-26-16-10-14(15(23(24)25)12-17(16)27-2)11-18-20-21-19(28)22(18)9-8-13-6-4-3-5-7-13/h3-7,10,12H,8-9,11H2,1-2H3,(H,21,28). The molecule has 3 aromatic rings. The van der Waals surface area contributed by atoms with Crippen molar-refractivity contribution < 1.29 is 14.4 Å². The number of nitro benzene ring substituents is 1. The minimum atomic E-state index is -0.438. The molecule has 2 aromatic carbocycles. The number of hydrogen-bond acceptors (Lipinski definition) is 6. The maximum Gasteiger partial charge on any atom is 0.277 e. The molecule has 1 N–H and O–H groups in total. The molecule has 0 saturated heterocycles. The van der Waals surface area contributed by atoms with Crippen LogP contribution in [0.15, 0.2) is 42.5 Å². The summed E-state index contributed by atoms with van der Waals surface area (Å²) in [6.45, 7) is 0.621. The number of hydrogen-bond donors (Lipinski definition) is 1. The molecule has 146 valence electrons. The van der Waals surface area contributed by atoms with Crippen molar-refractivity contribution in [2.45, 2.75) is 19.4 Å². The molecule has 0 bridgehead atoms. The number of ether oxygens (including phenoxy) is 2. The van der Waals surface area contributed by atoms with Gasteiger partial charge in [0.2, 0.25) is 0 Å². The molecule has 0 aliphatic rings. The first kappa shape index (κ1) is 19.6. The van der Waals surface area contributed by atoms with Gasteiger partial charge in [0.05, 0.1) is 25.2 Å². The normalized spacial score (nSPS) is 10.6. The van der Waals surface area contributed by atoms with E-state index in [2.05, 4.69) is 10.2 Å². The maximum absolute atomic E-state index is 11.5. The van der Waals surface area contributed by atoms with Crippen molar-refractivity contribution in [1.29, 1.82) is 0 Å². The summed E-state index contributed by atoms with van der Waals surface area (Å²) in [4.78, 5) is 11.1. The number of nitrogens with one attached hydrogen (secondary N) is 1. The molecule has 1 aromatic heterocycles. The largest absolute Gasteiger partial charge is 0.493 e. The summed E-state index contributed by atoms with van der Waals surface area (Å²) in [7, 11) is 2.93. The molecule has 1 heterocycles. The second kappa shape index (κ2) is 8.66. The molecule has 9 heteroatoms. The fourth-order valence-corrected chi connectivity index (χ4v) is 3.24. The van der Waals surface area contributed by atoms with Crippen LogP contribution < -0.4 is 9.47 Å². The Morgan fingerprint density at radius 2 is 1.86 bits per heavy atom. The SMILES string of the molecule is COc1cc(Cc2n[nH]c(=S)n2CCc2ccccc2)c([N+](=O)[O-])cc1OC. The highest BCUT2D eigenvalue weighted by Gasteiger charge is 2.21. The molecule has 0 aliphatic heterocycles. The van der Waals surface area contributed by atoms with Gasteiger partial charge in [-0.1, -0.05) is 30.3 Å². The van der Waals surface area contributed by atoms with Crippen molar-refractivity contribution in [1.82, 2.24) is 14.8 Å². The van der Waals surface area contributed by atoms with Gasteiger partial charge in [0.15, 0.2) is 16.3 Å². The van der Waals surface area contributed by atoms with Crippen LogP contribution in [0.1, 0.15) is 17.0 Å². The van der Waals surface area contributed by atoms with Gasteiger partial charge in [0.25, 0.3) is 5.69 Å². The Morgan fingerprint density at radius 3 is 2.50 bits per heavy atom. The monoisotopic (exact) mass is 400 g/mol. The first-order chi connectivity index (χ1) is 13.5. The predicted molar refractivity (Wildman–Crippen MR) is 107 cm³/mol. The third kappa shape index (κ3) is 4.20. The quantitative estimate of drug-likeness (QED) is 0.352. The van der Waals surface area contributed by atoms with Crippen molar-refractivity contribution in [3.8, 4) is 11.5 Å². The fourth-order valence-electron chi connectivity index (χ4n) is 2.99. The highest BCUT2D eigenvalue weighted by Crippen LogP contribution is 2.35. The lowest BCUT2D eigenvalue weighted by atomic mass is 10.1. The van der Waals surface area contributed by atoms with Crippen LogP contribution in [0.3, 0.4) is 0 Å². The molecule has 0 atom stereocenters. The molecule has 8 nitrogen and oxygen atoms in total. The minimum absolute atomic E-state index is 0.0545. The van der Waals surface area contributed by atoms with E-state index in [0.717, 1.165) is 6.42 Å². The lowest BCUT2D eigenvalue weighted by molar-refractivity contribution is -0.385. The number of methoxy groups -OCH3 is 2. The smallest absolute Gasteiger partial charge is 0.277 e. The Morgan fingerprint density at radius 1 is 1.18 bits per heavy atom. The van der Waals surface area contributed by atoms with Crippen LogP contribution in [0, 0.1) is 14.9 Å². The van der Waals surface area contributed by atoms with Gasteiger partial charge < -0.3 is 14.0 Å². The second-order valence-electron chi connectivity index (χ2n) is 6.10. The lowest BCUT2D eigenvalue weighted by Crippen LogP contribution is -2.08. The number of H-pyrrole nitrogens is 1. The van der Waals surface area contributed by atoms with E-state index < -0.39 is 4.92 Å². The molecular formula is C19H20N4O4S. The number of rotatable bonds is 8. The van der Waals surface area contributed by atoms with Crippen LogP contribution in [0.5, 0.6) is 11.5 Å². The van der Waals surface area contributed by atoms with E-state index >= 15 is 0 Å². The van der Waals surface area contributed by atoms with E-state index in [4.69, 9.17) is 21.7 Å². The summed E-state index contributed by atoms with van der Waals surface area (Å²) in [6.07, 6.45) is 1.01. The van der Waals surface area contributed by atoms with Crippen molar-refractivity contribution >= 4 is 17.9 Å². The fraction of sp³-hybridized carbons (Fsp3) is 0.263. The zero-order valence-corrected chi connectivity index (χ0v) is 16.4. The molecule has 28 heavy (non-hydrogen) atoms. The molecule has 0 spiro atoms. The zero-order valence-electron chi connectivity index (χ0n) is 15.5. The van der Waals surface area contributed by atoms with Crippen molar-refractivity contribution in [3.63, 3.8) is 0 Å². The molecule has 0 fully saturated rings. The number of aromatic nitrogens is 3. The van der Waals surface area contributed by atoms with Crippen molar-refractivity contribution in [2.75, 3.05) is 14.2 Å². The molecular weight excluding hydrogens is 380 g/mol. The summed E-state index contributed by atoms with van der Waals surface area (Å²) in [5.74, 6) is 1.35. The van der Waals surface area contributed by atoms with Crippen LogP contribution in [-0.4, -0.2) is 33.9 Å². The van der Waals surface area contributed by atoms with Crippen molar-refractivity contribution in [2.24, 2.45) is 0 Å². The van der Waals surface area contributed by atoms with Gasteiger partial charge in [-0.2, -0.15) is 5.10 Å². The van der Waals surface area contributed by atoms with Crippen molar-refractivity contribution in [3.05, 3.63) is 74.3 Å². The van der Waals surface area contributed by atoms with E-state index in [1.54, 1.807) is 6.07 Å². The molecule has 0 unspecified atom stereocenters. The number of nitrogens with zero attached hydrogens (tertiary/aromatic N) is 3. The summed E-state index contributed by atoms with van der Waals surface area (Å²) in [6, 6.07) is 13.0. The molecule has 0 aliphatic carbocycles. The maximum atomic E-state index is 11.5. The van der Waals surface area contributed by atoms with E-state index in [1.165, 1.54) is 25.8 Å². The highest BCUT2D eigenvalue weighted by molar-refractivity contribution is 7.71. The Balaban J connectivity index is 1.92. The number of aryl methyl sites for hydroxylation is 1. The van der Waals surface area contributed by atoms with E-state index in [1.807, 2.05) is 34.9 Å². The molecule has 0 amide bonds. The van der Waals surface area contributed by atoms with Crippen LogP contribution in [-0.2, 0) is 19.4 Å². The lowest BCUT2D eigenvalue weighted by Gasteiger charge is -2.11. The Bertz CT molecular complexity index is 1030. The zero-order chi connectivity index (χ0) is 20.1. The summed E-state index contributed by atoms with van der Waals surface area (Å²) < 4.78 is 12.8. The van der Waals surface area contributed by atoms with Crippen LogP contribution in [0.4, 0.5) is 5.69 Å². The van der Waals surface area contributed by atoms with Gasteiger partial charge in [-0.15, -0.1) is 0 Å². The molecule has 3 rings (SSSR count). The average Bonchev–Trinajstić information content (AvgIpc) is 3.05. The highest BCUT2D eigenvalue weighted by atomic mass is 32.1. The average molecular weight is 400 g/mol. The van der Waals surface area contributed by atoms with Crippen LogP contribution in [0.2, 0.25) is 0 Å². The van der Waals surface area contributed by atoms with Gasteiger partial charge in [0.1, 0.15) is 5.82 Å². The topological polar surface area (TPSA) is 95.2 Å². The van der Waals surface area contributed by atoms with Crippen LogP contribution >= 0.6 is 12.2 Å². The van der Waals surface area contributed by atoms with Gasteiger partial charge >= 0.3 is 0 Å². The van der Waals surface area contributed by atoms with Crippen LogP contribution in [0.25, 0.3) is 0 Å². The van der Waals surface area contributed by atoms with Gasteiger partial charge in [-0.25, -0.2) is 0 Å². The van der Waals surface area contributed by atoms with Gasteiger partial charge in [-0.3, -0.25) is 15.2 Å². The molecule has 0 radical (unpaired) electrons.